The molecule has 1 aliphatic rings. The Morgan fingerprint density at radius 2 is 2.00 bits per heavy atom. The van der Waals surface area contributed by atoms with Gasteiger partial charge in [-0.25, -0.2) is 0 Å². The van der Waals surface area contributed by atoms with Crippen LogP contribution in [0.3, 0.4) is 0 Å². The van der Waals surface area contributed by atoms with Crippen LogP contribution in [0, 0.1) is 6.42 Å². The molecule has 1 unspecified atom stereocenters. The maximum absolute atomic E-state index is 5.19. The molecule has 1 rings (SSSR count). The van der Waals surface area contributed by atoms with Gasteiger partial charge in [-0.05, 0) is 6.92 Å². The summed E-state index contributed by atoms with van der Waals surface area (Å²) in [6.45, 7) is 2.92. The molecule has 0 amide bonds. The van der Waals surface area contributed by atoms with E-state index >= 15 is 0 Å². The Morgan fingerprint density at radius 1 is 1.40 bits per heavy atom. The van der Waals surface area contributed by atoms with Gasteiger partial charge in [0.1, 0.15) is 0 Å². The molecule has 5 heteroatoms. The molecule has 0 aromatic heterocycles. The van der Waals surface area contributed by atoms with Crippen molar-refractivity contribution >= 4 is 11.8 Å². The molecule has 1 heterocycles. The van der Waals surface area contributed by atoms with Gasteiger partial charge in [0, 0.05) is 98.1 Å². The van der Waals surface area contributed by atoms with Crippen molar-refractivity contribution in [2.75, 3.05) is 12.4 Å². The second kappa shape index (κ2) is 12.6. The van der Waals surface area contributed by atoms with Gasteiger partial charge in [-0.2, -0.15) is 11.8 Å². The SMILES string of the molecule is CC1OC[CH-]CS1.[Y].[Y].[Y]. The Morgan fingerprint density at radius 3 is 2.20 bits per heavy atom. The van der Waals surface area contributed by atoms with Crippen molar-refractivity contribution in [1.82, 2.24) is 0 Å². The van der Waals surface area contributed by atoms with Crippen molar-refractivity contribution in [3.8, 4) is 0 Å². The van der Waals surface area contributed by atoms with Crippen LogP contribution >= 0.6 is 11.8 Å². The van der Waals surface area contributed by atoms with Crippen LogP contribution in [0.25, 0.3) is 0 Å². The Balaban J connectivity index is -0.000000163. The second-order valence-corrected chi connectivity index (χ2v) is 2.85. The van der Waals surface area contributed by atoms with E-state index < -0.39 is 0 Å². The van der Waals surface area contributed by atoms with Crippen molar-refractivity contribution in [2.24, 2.45) is 0 Å². The zero-order chi connectivity index (χ0) is 5.11. The van der Waals surface area contributed by atoms with Crippen molar-refractivity contribution < 1.29 is 103 Å². The van der Waals surface area contributed by atoms with Crippen molar-refractivity contribution in [3.05, 3.63) is 6.42 Å². The zero-order valence-electron chi connectivity index (χ0n) is 6.12. The summed E-state index contributed by atoms with van der Waals surface area (Å²) in [5.74, 6) is 1.15. The van der Waals surface area contributed by atoms with Gasteiger partial charge >= 0.3 is 0 Å². The maximum Gasteiger partial charge on any atom is 0.0939 e. The normalized spacial score (nSPS) is 23.1. The first kappa shape index (κ1) is 19.2. The van der Waals surface area contributed by atoms with Gasteiger partial charge in [0.25, 0.3) is 0 Å². The van der Waals surface area contributed by atoms with Gasteiger partial charge in [0.15, 0.2) is 0 Å². The number of ether oxygens (including phenoxy) is 1. The minimum Gasteiger partial charge on any atom is -0.400 e. The van der Waals surface area contributed by atoms with Crippen LogP contribution in [-0.2, 0) is 103 Å². The first-order valence-corrected chi connectivity index (χ1v) is 3.49. The summed E-state index contributed by atoms with van der Waals surface area (Å²) in [5.41, 5.74) is 0.421. The van der Waals surface area contributed by atoms with Crippen LogP contribution in [0.1, 0.15) is 6.92 Å². The predicted molar refractivity (Wildman–Crippen MR) is 32.2 cm³/mol. The van der Waals surface area contributed by atoms with Crippen LogP contribution in [-0.4, -0.2) is 17.8 Å². The molecule has 3 radical (unpaired) electrons. The van der Waals surface area contributed by atoms with Crippen molar-refractivity contribution in [2.45, 2.75) is 12.4 Å². The number of hydrogen-bond acceptors (Lipinski definition) is 2. The summed E-state index contributed by atoms with van der Waals surface area (Å²) >= 11 is 1.84. The Hall–Kier alpha value is 3.62. The Kier molecular flexibility index (Phi) is 24.3. The van der Waals surface area contributed by atoms with E-state index in [9.17, 15) is 0 Å². The van der Waals surface area contributed by atoms with E-state index in [1.165, 1.54) is 0 Å². The largest absolute Gasteiger partial charge is 0.400 e. The van der Waals surface area contributed by atoms with Crippen LogP contribution < -0.4 is 0 Å². The molecule has 10 heavy (non-hydrogen) atoms. The minimum atomic E-state index is 0. The average molecular weight is 384 g/mol. The summed E-state index contributed by atoms with van der Waals surface area (Å²) in [6.07, 6.45) is 2.14. The molecule has 0 aromatic carbocycles. The summed E-state index contributed by atoms with van der Waals surface area (Å²) in [5, 5.41) is 0. The van der Waals surface area contributed by atoms with Gasteiger partial charge in [-0.1, -0.05) is 6.61 Å². The first-order valence-electron chi connectivity index (χ1n) is 2.44. The quantitative estimate of drug-likeness (QED) is 0.583. The summed E-state index contributed by atoms with van der Waals surface area (Å²) in [7, 11) is 0. The Labute approximate surface area is 143 Å². The molecule has 1 saturated heterocycles. The van der Waals surface area contributed by atoms with Gasteiger partial charge in [0.2, 0.25) is 0 Å². The molecule has 1 aliphatic heterocycles. The van der Waals surface area contributed by atoms with Crippen LogP contribution in [0.2, 0.25) is 0 Å². The van der Waals surface area contributed by atoms with E-state index in [2.05, 4.69) is 13.3 Å². The third kappa shape index (κ3) is 9.71. The van der Waals surface area contributed by atoms with Crippen molar-refractivity contribution in [3.63, 3.8) is 0 Å². The summed E-state index contributed by atoms with van der Waals surface area (Å²) in [6, 6.07) is 0. The third-order valence-electron chi connectivity index (χ3n) is 0.898. The fraction of sp³-hybridized carbons (Fsp3) is 0.800. The standard InChI is InChI=1S/C5H9OS.3Y/c1-5-6-3-2-4-7-5;;;/h2,5H,3-4H2,1H3;;;/q-1;;;. The average Bonchev–Trinajstić information content (AvgIpc) is 1.69. The fourth-order valence-corrected chi connectivity index (χ4v) is 1.18. The first-order chi connectivity index (χ1) is 3.39. The molecule has 1 nitrogen and oxygen atoms in total. The number of thioether (sulfide) groups is 1. The molecular weight excluding hydrogens is 375 g/mol. The molecule has 1 fully saturated rings. The van der Waals surface area contributed by atoms with Crippen LogP contribution in [0.5, 0.6) is 0 Å². The van der Waals surface area contributed by atoms with E-state index in [0.717, 1.165) is 12.4 Å². The molecule has 0 aliphatic carbocycles. The van der Waals surface area contributed by atoms with Gasteiger partial charge in [0.05, 0.1) is 5.44 Å². The summed E-state index contributed by atoms with van der Waals surface area (Å²) < 4.78 is 5.19. The van der Waals surface area contributed by atoms with Crippen LogP contribution in [0.15, 0.2) is 0 Å². The molecule has 0 N–H and O–H groups in total. The zero-order valence-corrected chi connectivity index (χ0v) is 15.4. The molecule has 51 valence electrons. The van der Waals surface area contributed by atoms with Gasteiger partial charge in [-0.15, -0.1) is 5.75 Å². The monoisotopic (exact) mass is 384 g/mol. The van der Waals surface area contributed by atoms with Crippen LogP contribution in [0.4, 0.5) is 0 Å². The van der Waals surface area contributed by atoms with E-state index in [0.29, 0.717) is 5.44 Å². The second-order valence-electron chi connectivity index (χ2n) is 1.52. The van der Waals surface area contributed by atoms with Crippen molar-refractivity contribution in [1.29, 1.82) is 0 Å². The van der Waals surface area contributed by atoms with Gasteiger partial charge < -0.3 is 4.74 Å². The number of hydrogen-bond donors (Lipinski definition) is 0. The summed E-state index contributed by atoms with van der Waals surface area (Å²) in [4.78, 5) is 0. The smallest absolute Gasteiger partial charge is 0.0939 e. The topological polar surface area (TPSA) is 9.23 Å². The minimum absolute atomic E-state index is 0. The van der Waals surface area contributed by atoms with E-state index in [-0.39, 0.29) is 98.1 Å². The van der Waals surface area contributed by atoms with Gasteiger partial charge in [-0.3, -0.25) is 6.42 Å². The molecule has 1 atom stereocenters. The molecule has 0 bridgehead atoms. The van der Waals surface area contributed by atoms with E-state index in [4.69, 9.17) is 4.74 Å². The predicted octanol–water partition coefficient (Wildman–Crippen LogP) is 1.29. The van der Waals surface area contributed by atoms with E-state index in [1.807, 2.05) is 11.8 Å². The number of rotatable bonds is 0. The molecule has 0 saturated carbocycles. The molecule has 0 spiro atoms. The van der Waals surface area contributed by atoms with E-state index in [1.54, 1.807) is 0 Å². The Bertz CT molecular complexity index is 58.9. The maximum atomic E-state index is 5.19. The third-order valence-corrected chi connectivity index (χ3v) is 1.93. The fourth-order valence-electron chi connectivity index (χ4n) is 0.503. The molecule has 0 aromatic rings. The molecular formula is C5H9OSY3-.